The molecule has 2 aromatic carbocycles. The van der Waals surface area contributed by atoms with Crippen molar-refractivity contribution in [2.24, 2.45) is 0 Å². The van der Waals surface area contributed by atoms with E-state index in [0.29, 0.717) is 5.69 Å². The summed E-state index contributed by atoms with van der Waals surface area (Å²) < 4.78 is 0. The van der Waals surface area contributed by atoms with Crippen molar-refractivity contribution in [2.45, 2.75) is 26.2 Å². The Morgan fingerprint density at radius 3 is 2.26 bits per heavy atom. The second kappa shape index (κ2) is 10.0. The maximum Gasteiger partial charge on any atom is 0.267 e. The van der Waals surface area contributed by atoms with Crippen molar-refractivity contribution in [2.75, 3.05) is 29.6 Å². The minimum absolute atomic E-state index is 0.0155. The molecule has 0 saturated heterocycles. The summed E-state index contributed by atoms with van der Waals surface area (Å²) in [6, 6.07) is 17.4. The van der Waals surface area contributed by atoms with Crippen LogP contribution in [0.1, 0.15) is 25.3 Å². The predicted molar refractivity (Wildman–Crippen MR) is 112 cm³/mol. The van der Waals surface area contributed by atoms with Gasteiger partial charge in [0.2, 0.25) is 0 Å². The Morgan fingerprint density at radius 1 is 1.07 bits per heavy atom. The van der Waals surface area contributed by atoms with Gasteiger partial charge in [-0.2, -0.15) is 5.26 Å². The van der Waals surface area contributed by atoms with Gasteiger partial charge in [0.25, 0.3) is 5.91 Å². The van der Waals surface area contributed by atoms with Gasteiger partial charge in [-0.15, -0.1) is 0 Å². The zero-order chi connectivity index (χ0) is 19.6. The number of nitrogens with one attached hydrogen (secondary N) is 2. The van der Waals surface area contributed by atoms with Crippen molar-refractivity contribution in [3.63, 3.8) is 0 Å². The quantitative estimate of drug-likeness (QED) is 0.534. The van der Waals surface area contributed by atoms with Crippen LogP contribution in [0.2, 0.25) is 0 Å². The molecule has 1 amide bonds. The van der Waals surface area contributed by atoms with Gasteiger partial charge in [0.1, 0.15) is 11.6 Å². The minimum Gasteiger partial charge on any atom is -0.378 e. The Kier molecular flexibility index (Phi) is 7.45. The summed E-state index contributed by atoms with van der Waals surface area (Å²) in [4.78, 5) is 14.3. The van der Waals surface area contributed by atoms with Crippen molar-refractivity contribution in [3.8, 4) is 6.07 Å². The number of nitrogens with zero attached hydrogens (tertiary/aromatic N) is 2. The summed E-state index contributed by atoms with van der Waals surface area (Å²) in [7, 11) is 3.94. The molecule has 27 heavy (non-hydrogen) atoms. The third-order valence-corrected chi connectivity index (χ3v) is 4.16. The predicted octanol–water partition coefficient (Wildman–Crippen LogP) is 4.55. The third kappa shape index (κ3) is 6.19. The number of aryl methyl sites for hydroxylation is 1. The average molecular weight is 362 g/mol. The van der Waals surface area contributed by atoms with Gasteiger partial charge in [-0.3, -0.25) is 4.79 Å². The Morgan fingerprint density at radius 2 is 1.70 bits per heavy atom. The number of nitriles is 1. The van der Waals surface area contributed by atoms with Gasteiger partial charge in [-0.25, -0.2) is 0 Å². The lowest BCUT2D eigenvalue weighted by atomic mass is 10.1. The van der Waals surface area contributed by atoms with Crippen LogP contribution in [0.15, 0.2) is 60.3 Å². The van der Waals surface area contributed by atoms with Crippen molar-refractivity contribution in [3.05, 3.63) is 65.9 Å². The summed E-state index contributed by atoms with van der Waals surface area (Å²) >= 11 is 0. The van der Waals surface area contributed by atoms with E-state index in [9.17, 15) is 10.1 Å². The minimum atomic E-state index is -0.434. The van der Waals surface area contributed by atoms with E-state index in [2.05, 4.69) is 17.6 Å². The fourth-order valence-corrected chi connectivity index (χ4v) is 2.49. The number of unbranched alkanes of at least 4 members (excludes halogenated alkanes) is 1. The summed E-state index contributed by atoms with van der Waals surface area (Å²) in [5.74, 6) is -0.434. The number of carbonyl (C=O) groups excluding carboxylic acids is 1. The molecule has 5 heteroatoms. The van der Waals surface area contributed by atoms with Gasteiger partial charge in [-0.1, -0.05) is 25.5 Å². The first-order valence-electron chi connectivity index (χ1n) is 9.08. The van der Waals surface area contributed by atoms with Crippen molar-refractivity contribution in [1.29, 1.82) is 5.26 Å². The summed E-state index contributed by atoms with van der Waals surface area (Å²) in [5.41, 5.74) is 3.82. The van der Waals surface area contributed by atoms with E-state index in [-0.39, 0.29) is 5.57 Å². The monoisotopic (exact) mass is 362 g/mol. The van der Waals surface area contributed by atoms with Crippen LogP contribution in [0, 0.1) is 11.3 Å². The molecule has 0 heterocycles. The van der Waals surface area contributed by atoms with Crippen LogP contribution in [0.3, 0.4) is 0 Å². The van der Waals surface area contributed by atoms with Crippen LogP contribution in [-0.2, 0) is 11.2 Å². The Labute approximate surface area is 161 Å². The third-order valence-electron chi connectivity index (χ3n) is 4.16. The molecule has 140 valence electrons. The first kappa shape index (κ1) is 20.1. The molecule has 0 spiro atoms. The second-order valence-electron chi connectivity index (χ2n) is 6.51. The lowest BCUT2D eigenvalue weighted by molar-refractivity contribution is -0.112. The standard InChI is InChI=1S/C22H26N4O/c1-4-5-6-17-7-9-20(10-8-17)25-22(27)18(15-23)16-24-19-11-13-21(14-12-19)26(2)3/h7-14,16,24H,4-6H2,1-3H3,(H,25,27)/b18-16-. The van der Waals surface area contributed by atoms with Crippen LogP contribution in [0.5, 0.6) is 0 Å². The first-order valence-corrected chi connectivity index (χ1v) is 9.08. The van der Waals surface area contributed by atoms with E-state index in [4.69, 9.17) is 0 Å². The number of amides is 1. The summed E-state index contributed by atoms with van der Waals surface area (Å²) in [6.07, 6.45) is 4.76. The zero-order valence-corrected chi connectivity index (χ0v) is 16.1. The highest BCUT2D eigenvalue weighted by molar-refractivity contribution is 6.06. The van der Waals surface area contributed by atoms with Crippen molar-refractivity contribution < 1.29 is 4.79 Å². The van der Waals surface area contributed by atoms with Crippen LogP contribution < -0.4 is 15.5 Å². The Balaban J connectivity index is 1.98. The molecular weight excluding hydrogens is 336 g/mol. The SMILES string of the molecule is CCCCc1ccc(NC(=O)/C(C#N)=C\Nc2ccc(N(C)C)cc2)cc1. The van der Waals surface area contributed by atoms with Crippen LogP contribution in [-0.4, -0.2) is 20.0 Å². The smallest absolute Gasteiger partial charge is 0.267 e. The average Bonchev–Trinajstić information content (AvgIpc) is 2.68. The van der Waals surface area contributed by atoms with Gasteiger partial charge in [0.05, 0.1) is 0 Å². The molecule has 0 aliphatic rings. The molecule has 0 aliphatic carbocycles. The van der Waals surface area contributed by atoms with Gasteiger partial charge >= 0.3 is 0 Å². The summed E-state index contributed by atoms with van der Waals surface area (Å²) in [6.45, 7) is 2.16. The number of anilines is 3. The fourth-order valence-electron chi connectivity index (χ4n) is 2.49. The van der Waals surface area contributed by atoms with Crippen molar-refractivity contribution in [1.82, 2.24) is 0 Å². The van der Waals surface area contributed by atoms with E-state index in [0.717, 1.165) is 30.6 Å². The molecule has 2 N–H and O–H groups in total. The summed E-state index contributed by atoms with van der Waals surface area (Å²) in [5, 5.41) is 15.0. The van der Waals surface area contributed by atoms with Crippen LogP contribution >= 0.6 is 0 Å². The van der Waals surface area contributed by atoms with E-state index in [1.807, 2.05) is 73.6 Å². The van der Waals surface area contributed by atoms with E-state index < -0.39 is 5.91 Å². The Bertz CT molecular complexity index is 815. The molecule has 0 bridgehead atoms. The number of hydrogen-bond donors (Lipinski definition) is 2. The lowest BCUT2D eigenvalue weighted by Gasteiger charge is -2.12. The number of benzene rings is 2. The van der Waals surface area contributed by atoms with E-state index in [1.54, 1.807) is 0 Å². The van der Waals surface area contributed by atoms with Gasteiger partial charge in [-0.05, 0) is 54.8 Å². The molecule has 0 saturated carbocycles. The molecule has 0 fully saturated rings. The molecule has 0 unspecified atom stereocenters. The molecule has 5 nitrogen and oxygen atoms in total. The van der Waals surface area contributed by atoms with E-state index >= 15 is 0 Å². The largest absolute Gasteiger partial charge is 0.378 e. The normalized spacial score (nSPS) is 10.8. The maximum atomic E-state index is 12.3. The molecule has 0 aromatic heterocycles. The molecule has 2 aromatic rings. The van der Waals surface area contributed by atoms with Gasteiger partial charge < -0.3 is 15.5 Å². The first-order chi connectivity index (χ1) is 13.0. The second-order valence-corrected chi connectivity index (χ2v) is 6.51. The molecule has 0 atom stereocenters. The number of carbonyl (C=O) groups is 1. The van der Waals surface area contributed by atoms with Gasteiger partial charge in [0, 0.05) is 37.4 Å². The Hall–Kier alpha value is -3.26. The lowest BCUT2D eigenvalue weighted by Crippen LogP contribution is -2.14. The highest BCUT2D eigenvalue weighted by atomic mass is 16.1. The molecule has 0 aliphatic heterocycles. The highest BCUT2D eigenvalue weighted by Crippen LogP contribution is 2.16. The number of hydrogen-bond acceptors (Lipinski definition) is 4. The van der Waals surface area contributed by atoms with E-state index in [1.165, 1.54) is 11.8 Å². The van der Waals surface area contributed by atoms with Crippen LogP contribution in [0.4, 0.5) is 17.1 Å². The molecular formula is C22H26N4O. The maximum absolute atomic E-state index is 12.3. The fraction of sp³-hybridized carbons (Fsp3) is 0.273. The zero-order valence-electron chi connectivity index (χ0n) is 16.1. The highest BCUT2D eigenvalue weighted by Gasteiger charge is 2.09. The van der Waals surface area contributed by atoms with Crippen LogP contribution in [0.25, 0.3) is 0 Å². The topological polar surface area (TPSA) is 68.2 Å². The number of rotatable bonds is 8. The molecule has 0 radical (unpaired) electrons. The van der Waals surface area contributed by atoms with Crippen molar-refractivity contribution >= 4 is 23.0 Å². The molecule has 2 rings (SSSR count). The van der Waals surface area contributed by atoms with Gasteiger partial charge in [0.15, 0.2) is 0 Å².